The van der Waals surface area contributed by atoms with E-state index in [-0.39, 0.29) is 0 Å². The van der Waals surface area contributed by atoms with Gasteiger partial charge in [-0.25, -0.2) is 4.18 Å². The quantitative estimate of drug-likeness (QED) is 0.789. The Morgan fingerprint density at radius 3 is 2.35 bits per heavy atom. The van der Waals surface area contributed by atoms with Crippen molar-refractivity contribution < 1.29 is 21.9 Å². The lowest BCUT2D eigenvalue weighted by Gasteiger charge is -2.10. The molecule has 0 fully saturated rings. The lowest BCUT2D eigenvalue weighted by atomic mass is 10.1. The number of rotatable bonds is 4. The minimum atomic E-state index is -4.59. The van der Waals surface area contributed by atoms with E-state index in [2.05, 4.69) is 9.50 Å². The van der Waals surface area contributed by atoms with Crippen LogP contribution in [0.4, 0.5) is 5.69 Å². The molecule has 94 valence electrons. The van der Waals surface area contributed by atoms with Gasteiger partial charge in [-0.15, -0.1) is 0 Å². The number of hydrogen-bond acceptors (Lipinski definition) is 4. The number of anilines is 1. The van der Waals surface area contributed by atoms with Crippen LogP contribution in [0.3, 0.4) is 0 Å². The largest absolute Gasteiger partial charge is 0.397 e. The van der Waals surface area contributed by atoms with Gasteiger partial charge in [0, 0.05) is 5.69 Å². The first-order chi connectivity index (χ1) is 7.79. The fourth-order valence-corrected chi connectivity index (χ4v) is 1.57. The van der Waals surface area contributed by atoms with Gasteiger partial charge in [0.25, 0.3) is 5.91 Å². The highest BCUT2D eigenvalue weighted by molar-refractivity contribution is 7.80. The van der Waals surface area contributed by atoms with Gasteiger partial charge in [-0.3, -0.25) is 9.35 Å². The van der Waals surface area contributed by atoms with Crippen molar-refractivity contribution in [3.8, 4) is 0 Å². The highest BCUT2D eigenvalue weighted by Gasteiger charge is 2.11. The average molecular weight is 259 g/mol. The summed E-state index contributed by atoms with van der Waals surface area (Å²) >= 11 is 0. The molecule has 1 rings (SSSR count). The number of para-hydroxylation sites is 1. The Morgan fingerprint density at radius 2 is 1.88 bits per heavy atom. The van der Waals surface area contributed by atoms with E-state index in [1.54, 1.807) is 0 Å². The monoisotopic (exact) mass is 259 g/mol. The maximum absolute atomic E-state index is 11.4. The van der Waals surface area contributed by atoms with Crippen molar-refractivity contribution >= 4 is 22.0 Å². The van der Waals surface area contributed by atoms with Gasteiger partial charge in [0.1, 0.15) is 6.61 Å². The molecule has 0 atom stereocenters. The van der Waals surface area contributed by atoms with Gasteiger partial charge in [-0.1, -0.05) is 18.2 Å². The van der Waals surface area contributed by atoms with Crippen LogP contribution in [-0.4, -0.2) is 25.5 Å². The van der Waals surface area contributed by atoms with Crippen LogP contribution in [0, 0.1) is 13.8 Å². The molecule has 0 aliphatic heterocycles. The summed E-state index contributed by atoms with van der Waals surface area (Å²) < 4.78 is 32.8. The van der Waals surface area contributed by atoms with Crippen LogP contribution in [0.15, 0.2) is 18.2 Å². The minimum absolute atomic E-state index is 0.608. The second-order valence-electron chi connectivity index (χ2n) is 3.50. The Morgan fingerprint density at radius 1 is 1.35 bits per heavy atom. The van der Waals surface area contributed by atoms with Crippen molar-refractivity contribution in [2.75, 3.05) is 11.9 Å². The van der Waals surface area contributed by atoms with Crippen LogP contribution >= 0.6 is 0 Å². The minimum Gasteiger partial charge on any atom is -0.324 e. The van der Waals surface area contributed by atoms with Crippen LogP contribution in [0.25, 0.3) is 0 Å². The van der Waals surface area contributed by atoms with Crippen LogP contribution < -0.4 is 5.32 Å². The van der Waals surface area contributed by atoms with E-state index in [4.69, 9.17) is 4.55 Å². The summed E-state index contributed by atoms with van der Waals surface area (Å²) in [5.41, 5.74) is 2.31. The summed E-state index contributed by atoms with van der Waals surface area (Å²) in [5.74, 6) is -0.653. The molecular weight excluding hydrogens is 246 g/mol. The Hall–Kier alpha value is -1.44. The van der Waals surface area contributed by atoms with Crippen LogP contribution in [-0.2, 0) is 19.4 Å². The zero-order chi connectivity index (χ0) is 13.1. The standard InChI is InChI=1S/C10H13NO5S/c1-7-4-3-5-8(2)10(7)11-9(12)6-16-17(13,14)15/h3-5H,6H2,1-2H3,(H,11,12)(H,13,14,15). The van der Waals surface area contributed by atoms with Crippen molar-refractivity contribution in [1.82, 2.24) is 0 Å². The maximum atomic E-state index is 11.4. The SMILES string of the molecule is Cc1cccc(C)c1NC(=O)COS(=O)(=O)O. The number of amides is 1. The summed E-state index contributed by atoms with van der Waals surface area (Å²) in [6.45, 7) is 2.87. The summed E-state index contributed by atoms with van der Waals surface area (Å²) in [5, 5.41) is 2.51. The van der Waals surface area contributed by atoms with E-state index in [9.17, 15) is 13.2 Å². The molecule has 17 heavy (non-hydrogen) atoms. The van der Waals surface area contributed by atoms with E-state index in [0.29, 0.717) is 5.69 Å². The molecule has 2 N–H and O–H groups in total. The Balaban J connectivity index is 2.69. The smallest absolute Gasteiger partial charge is 0.324 e. The van der Waals surface area contributed by atoms with Crippen LogP contribution in [0.1, 0.15) is 11.1 Å². The van der Waals surface area contributed by atoms with Gasteiger partial charge in [0.2, 0.25) is 0 Å². The van der Waals surface area contributed by atoms with Gasteiger partial charge >= 0.3 is 10.4 Å². The van der Waals surface area contributed by atoms with Crippen molar-refractivity contribution in [2.24, 2.45) is 0 Å². The predicted octanol–water partition coefficient (Wildman–Crippen LogP) is 1.06. The molecule has 0 bridgehead atoms. The van der Waals surface area contributed by atoms with Gasteiger partial charge in [-0.05, 0) is 25.0 Å². The van der Waals surface area contributed by atoms with Crippen LogP contribution in [0.5, 0.6) is 0 Å². The number of benzene rings is 1. The Kier molecular flexibility index (Phi) is 4.22. The Labute approximate surface area is 99.6 Å². The number of carbonyl (C=O) groups excluding carboxylic acids is 1. The molecule has 0 aliphatic carbocycles. The van der Waals surface area contributed by atoms with E-state index < -0.39 is 22.9 Å². The lowest BCUT2D eigenvalue weighted by molar-refractivity contribution is -0.118. The number of hydrogen-bond donors (Lipinski definition) is 2. The number of aryl methyl sites for hydroxylation is 2. The van der Waals surface area contributed by atoms with Gasteiger partial charge in [-0.2, -0.15) is 8.42 Å². The molecular formula is C10H13NO5S. The summed E-state index contributed by atoms with van der Waals surface area (Å²) in [4.78, 5) is 11.4. The Bertz CT molecular complexity index is 503. The number of carbonyl (C=O) groups is 1. The number of nitrogens with one attached hydrogen (secondary N) is 1. The normalized spacial score (nSPS) is 11.2. The molecule has 0 radical (unpaired) electrons. The van der Waals surface area contributed by atoms with Crippen LogP contribution in [0.2, 0.25) is 0 Å². The zero-order valence-corrected chi connectivity index (χ0v) is 10.2. The summed E-state index contributed by atoms with van der Waals surface area (Å²) in [6.07, 6.45) is 0. The van der Waals surface area contributed by atoms with Crippen molar-refractivity contribution in [3.05, 3.63) is 29.3 Å². The molecule has 0 aromatic heterocycles. The summed E-state index contributed by atoms with van der Waals surface area (Å²) in [6, 6.07) is 5.47. The third-order valence-electron chi connectivity index (χ3n) is 2.08. The molecule has 0 aliphatic rings. The molecule has 1 aromatic carbocycles. The molecule has 0 spiro atoms. The third-order valence-corrected chi connectivity index (χ3v) is 2.50. The fraction of sp³-hybridized carbons (Fsp3) is 0.300. The van der Waals surface area contributed by atoms with Crippen molar-refractivity contribution in [1.29, 1.82) is 0 Å². The molecule has 0 saturated heterocycles. The van der Waals surface area contributed by atoms with E-state index in [1.807, 2.05) is 32.0 Å². The summed E-state index contributed by atoms with van der Waals surface area (Å²) in [7, 11) is -4.59. The van der Waals surface area contributed by atoms with Gasteiger partial charge < -0.3 is 5.32 Å². The molecule has 6 nitrogen and oxygen atoms in total. The second-order valence-corrected chi connectivity index (χ2v) is 4.60. The van der Waals surface area contributed by atoms with E-state index in [0.717, 1.165) is 11.1 Å². The molecule has 0 heterocycles. The molecule has 1 aromatic rings. The molecule has 7 heteroatoms. The first-order valence-electron chi connectivity index (χ1n) is 4.77. The second kappa shape index (κ2) is 5.26. The first kappa shape index (κ1) is 13.6. The van der Waals surface area contributed by atoms with Gasteiger partial charge in [0.15, 0.2) is 0 Å². The van der Waals surface area contributed by atoms with Gasteiger partial charge in [0.05, 0.1) is 0 Å². The maximum Gasteiger partial charge on any atom is 0.397 e. The first-order valence-corrected chi connectivity index (χ1v) is 6.14. The highest BCUT2D eigenvalue weighted by atomic mass is 32.3. The molecule has 0 saturated carbocycles. The predicted molar refractivity (Wildman–Crippen MR) is 62.0 cm³/mol. The molecule has 1 amide bonds. The highest BCUT2D eigenvalue weighted by Crippen LogP contribution is 2.19. The van der Waals surface area contributed by atoms with E-state index in [1.165, 1.54) is 0 Å². The zero-order valence-electron chi connectivity index (χ0n) is 9.43. The van der Waals surface area contributed by atoms with Crippen molar-refractivity contribution in [3.63, 3.8) is 0 Å². The topological polar surface area (TPSA) is 92.7 Å². The lowest BCUT2D eigenvalue weighted by Crippen LogP contribution is -2.21. The molecule has 0 unspecified atom stereocenters. The fourth-order valence-electron chi connectivity index (χ4n) is 1.32. The third kappa shape index (κ3) is 4.51. The average Bonchev–Trinajstić information content (AvgIpc) is 2.20. The van der Waals surface area contributed by atoms with E-state index >= 15 is 0 Å². The van der Waals surface area contributed by atoms with Crippen molar-refractivity contribution in [2.45, 2.75) is 13.8 Å².